The van der Waals surface area contributed by atoms with Crippen molar-refractivity contribution in [2.75, 3.05) is 20.6 Å². The third kappa shape index (κ3) is 3.36. The van der Waals surface area contributed by atoms with Crippen LogP contribution in [0.25, 0.3) is 0 Å². The quantitative estimate of drug-likeness (QED) is 0.795. The lowest BCUT2D eigenvalue weighted by molar-refractivity contribution is 0.344. The highest BCUT2D eigenvalue weighted by Crippen LogP contribution is 2.41. The van der Waals surface area contributed by atoms with E-state index in [0.717, 1.165) is 5.92 Å². The number of nitrogens with zero attached hydrogens (tertiary/aromatic N) is 1. The zero-order chi connectivity index (χ0) is 14.7. The SMILES string of the molecule is CN(C)CCC1c2ccccc2CC1Cc1ccccc1. The summed E-state index contributed by atoms with van der Waals surface area (Å²) in [6.07, 6.45) is 3.71. The fourth-order valence-electron chi connectivity index (χ4n) is 3.68. The number of rotatable bonds is 5. The maximum Gasteiger partial charge on any atom is -0.00189 e. The largest absolute Gasteiger partial charge is 0.309 e. The summed E-state index contributed by atoms with van der Waals surface area (Å²) in [5, 5.41) is 0. The molecule has 0 fully saturated rings. The second-order valence-electron chi connectivity index (χ2n) is 6.55. The molecule has 0 aliphatic heterocycles. The van der Waals surface area contributed by atoms with Crippen LogP contribution in [0.4, 0.5) is 0 Å². The highest BCUT2D eigenvalue weighted by Gasteiger charge is 2.31. The fourth-order valence-corrected chi connectivity index (χ4v) is 3.68. The maximum absolute atomic E-state index is 2.35. The van der Waals surface area contributed by atoms with E-state index in [1.807, 2.05) is 0 Å². The topological polar surface area (TPSA) is 3.24 Å². The van der Waals surface area contributed by atoms with E-state index in [0.29, 0.717) is 5.92 Å². The van der Waals surface area contributed by atoms with E-state index >= 15 is 0 Å². The van der Waals surface area contributed by atoms with Crippen LogP contribution in [0, 0.1) is 5.92 Å². The second kappa shape index (κ2) is 6.44. The average molecular weight is 279 g/mol. The maximum atomic E-state index is 2.35. The first-order valence-electron chi connectivity index (χ1n) is 8.00. The molecule has 0 saturated carbocycles. The Morgan fingerprint density at radius 3 is 2.43 bits per heavy atom. The molecule has 0 heterocycles. The van der Waals surface area contributed by atoms with Crippen molar-refractivity contribution in [3.8, 4) is 0 Å². The average Bonchev–Trinajstić information content (AvgIpc) is 2.83. The predicted molar refractivity (Wildman–Crippen MR) is 89.7 cm³/mol. The summed E-state index contributed by atoms with van der Waals surface area (Å²) in [5.41, 5.74) is 4.65. The molecule has 2 aromatic carbocycles. The van der Waals surface area contributed by atoms with E-state index < -0.39 is 0 Å². The molecule has 1 aliphatic carbocycles. The lowest BCUT2D eigenvalue weighted by Gasteiger charge is -2.22. The number of hydrogen-bond acceptors (Lipinski definition) is 1. The van der Waals surface area contributed by atoms with Crippen LogP contribution in [0.5, 0.6) is 0 Å². The van der Waals surface area contributed by atoms with Crippen LogP contribution in [-0.2, 0) is 12.8 Å². The molecule has 0 aromatic heterocycles. The van der Waals surface area contributed by atoms with E-state index in [1.54, 1.807) is 11.1 Å². The molecule has 21 heavy (non-hydrogen) atoms. The molecular weight excluding hydrogens is 254 g/mol. The molecule has 2 aromatic rings. The van der Waals surface area contributed by atoms with Gasteiger partial charge in [-0.2, -0.15) is 0 Å². The summed E-state index contributed by atoms with van der Waals surface area (Å²) < 4.78 is 0. The monoisotopic (exact) mass is 279 g/mol. The van der Waals surface area contributed by atoms with Gasteiger partial charge in [0.2, 0.25) is 0 Å². The van der Waals surface area contributed by atoms with Gasteiger partial charge in [-0.25, -0.2) is 0 Å². The van der Waals surface area contributed by atoms with Crippen molar-refractivity contribution < 1.29 is 0 Å². The third-order valence-electron chi connectivity index (χ3n) is 4.73. The highest BCUT2D eigenvalue weighted by molar-refractivity contribution is 5.37. The summed E-state index contributed by atoms with van der Waals surface area (Å²) >= 11 is 0. The summed E-state index contributed by atoms with van der Waals surface area (Å²) in [5.74, 6) is 1.47. The van der Waals surface area contributed by atoms with Gasteiger partial charge in [0.1, 0.15) is 0 Å². The molecule has 110 valence electrons. The van der Waals surface area contributed by atoms with Gasteiger partial charge in [-0.3, -0.25) is 0 Å². The Morgan fingerprint density at radius 1 is 0.952 bits per heavy atom. The van der Waals surface area contributed by atoms with Crippen molar-refractivity contribution in [2.24, 2.45) is 5.92 Å². The lowest BCUT2D eigenvalue weighted by atomic mass is 9.85. The van der Waals surface area contributed by atoms with Gasteiger partial charge in [-0.1, -0.05) is 54.6 Å². The Bertz CT molecular complexity index is 573. The first-order valence-corrected chi connectivity index (χ1v) is 8.00. The van der Waals surface area contributed by atoms with E-state index in [-0.39, 0.29) is 0 Å². The molecule has 1 aliphatic rings. The number of hydrogen-bond donors (Lipinski definition) is 0. The molecule has 0 radical (unpaired) electrons. The van der Waals surface area contributed by atoms with Gasteiger partial charge < -0.3 is 4.90 Å². The Kier molecular flexibility index (Phi) is 4.40. The van der Waals surface area contributed by atoms with Gasteiger partial charge in [0.25, 0.3) is 0 Å². The van der Waals surface area contributed by atoms with Gasteiger partial charge in [0.05, 0.1) is 0 Å². The molecule has 2 atom stereocenters. The molecule has 2 unspecified atom stereocenters. The minimum atomic E-state index is 0.712. The van der Waals surface area contributed by atoms with Crippen LogP contribution in [0.2, 0.25) is 0 Å². The molecule has 0 amide bonds. The van der Waals surface area contributed by atoms with Crippen LogP contribution in [0.3, 0.4) is 0 Å². The minimum Gasteiger partial charge on any atom is -0.309 e. The van der Waals surface area contributed by atoms with Crippen molar-refractivity contribution in [3.05, 3.63) is 71.3 Å². The summed E-state index contributed by atoms with van der Waals surface area (Å²) in [6, 6.07) is 20.0. The van der Waals surface area contributed by atoms with Gasteiger partial charge in [0, 0.05) is 0 Å². The molecule has 0 N–H and O–H groups in total. The third-order valence-corrected chi connectivity index (χ3v) is 4.73. The van der Waals surface area contributed by atoms with Gasteiger partial charge in [-0.05, 0) is 68.4 Å². The molecule has 0 bridgehead atoms. The van der Waals surface area contributed by atoms with Crippen LogP contribution in [-0.4, -0.2) is 25.5 Å². The zero-order valence-electron chi connectivity index (χ0n) is 13.1. The van der Waals surface area contributed by atoms with Crippen LogP contribution >= 0.6 is 0 Å². The van der Waals surface area contributed by atoms with Crippen molar-refractivity contribution in [1.82, 2.24) is 4.90 Å². The molecule has 0 saturated heterocycles. The molecular formula is C20H25N. The van der Waals surface area contributed by atoms with E-state index in [9.17, 15) is 0 Å². The van der Waals surface area contributed by atoms with Crippen LogP contribution < -0.4 is 0 Å². The molecule has 1 nitrogen and oxygen atoms in total. The summed E-state index contributed by atoms with van der Waals surface area (Å²) in [4.78, 5) is 2.31. The van der Waals surface area contributed by atoms with E-state index in [2.05, 4.69) is 73.6 Å². The highest BCUT2D eigenvalue weighted by atomic mass is 15.0. The standard InChI is InChI=1S/C20H25N/c1-21(2)13-12-20-18(14-16-8-4-3-5-9-16)15-17-10-6-7-11-19(17)20/h3-11,18,20H,12-15H2,1-2H3. The van der Waals surface area contributed by atoms with Gasteiger partial charge in [0.15, 0.2) is 0 Å². The summed E-state index contributed by atoms with van der Waals surface area (Å²) in [7, 11) is 4.35. The number of fused-ring (bicyclic) bond motifs is 1. The summed E-state index contributed by atoms with van der Waals surface area (Å²) in [6.45, 7) is 1.17. The second-order valence-corrected chi connectivity index (χ2v) is 6.55. The normalized spacial score (nSPS) is 20.7. The Hall–Kier alpha value is -1.60. The van der Waals surface area contributed by atoms with Crippen LogP contribution in [0.15, 0.2) is 54.6 Å². The lowest BCUT2D eigenvalue weighted by Crippen LogP contribution is -2.19. The van der Waals surface area contributed by atoms with Crippen molar-refractivity contribution >= 4 is 0 Å². The van der Waals surface area contributed by atoms with Gasteiger partial charge >= 0.3 is 0 Å². The van der Waals surface area contributed by atoms with Crippen molar-refractivity contribution in [3.63, 3.8) is 0 Å². The fraction of sp³-hybridized carbons (Fsp3) is 0.400. The van der Waals surface area contributed by atoms with Crippen molar-refractivity contribution in [2.45, 2.75) is 25.2 Å². The number of benzene rings is 2. The first-order chi connectivity index (χ1) is 10.2. The van der Waals surface area contributed by atoms with Gasteiger partial charge in [-0.15, -0.1) is 0 Å². The smallest absolute Gasteiger partial charge is 0.00189 e. The Balaban J connectivity index is 1.79. The molecule has 0 spiro atoms. The van der Waals surface area contributed by atoms with E-state index in [4.69, 9.17) is 0 Å². The Labute approximate surface area is 128 Å². The van der Waals surface area contributed by atoms with Crippen LogP contribution in [0.1, 0.15) is 29.0 Å². The van der Waals surface area contributed by atoms with E-state index in [1.165, 1.54) is 31.4 Å². The zero-order valence-corrected chi connectivity index (χ0v) is 13.1. The Morgan fingerprint density at radius 2 is 1.67 bits per heavy atom. The first kappa shape index (κ1) is 14.3. The predicted octanol–water partition coefficient (Wildman–Crippen LogP) is 4.14. The van der Waals surface area contributed by atoms with Crippen molar-refractivity contribution in [1.29, 1.82) is 0 Å². The molecule has 3 rings (SSSR count). The minimum absolute atomic E-state index is 0.712. The molecule has 1 heteroatoms.